The fourth-order valence-corrected chi connectivity index (χ4v) is 2.40. The van der Waals surface area contributed by atoms with Crippen LogP contribution in [0, 0.1) is 5.92 Å². The van der Waals surface area contributed by atoms with E-state index in [-0.39, 0.29) is 17.8 Å². The Morgan fingerprint density at radius 1 is 1.60 bits per heavy atom. The van der Waals surface area contributed by atoms with Crippen LogP contribution in [0.3, 0.4) is 0 Å². The first kappa shape index (κ1) is 13.0. The van der Waals surface area contributed by atoms with E-state index in [0.717, 1.165) is 0 Å². The molecule has 0 spiro atoms. The first-order valence-corrected chi connectivity index (χ1v) is 6.86. The van der Waals surface area contributed by atoms with Gasteiger partial charge in [-0.25, -0.2) is 0 Å². The predicted molar refractivity (Wildman–Crippen MR) is 59.2 cm³/mol. The lowest BCUT2D eigenvalue weighted by atomic mass is 9.75. The third kappa shape index (κ3) is 4.52. The van der Waals surface area contributed by atoms with Crippen LogP contribution in [0.5, 0.6) is 0 Å². The van der Waals surface area contributed by atoms with Crippen LogP contribution >= 0.6 is 7.60 Å². The van der Waals surface area contributed by atoms with Gasteiger partial charge in [0.2, 0.25) is 0 Å². The molecule has 6 heteroatoms. The lowest BCUT2D eigenvalue weighted by Crippen LogP contribution is -2.29. The molecular formula is C9H16BO4P. The van der Waals surface area contributed by atoms with Crippen molar-refractivity contribution in [2.75, 3.05) is 20.4 Å². The Kier molecular flexibility index (Phi) is 4.59. The average Bonchev–Trinajstić information content (AvgIpc) is 2.07. The van der Waals surface area contributed by atoms with Crippen molar-refractivity contribution in [3.8, 4) is 0 Å². The average molecular weight is 230 g/mol. The SMILES string of the molecule is [B][C@H]1C=CC(COC)C(OP(C)(=O)O)C1. The molecule has 0 fully saturated rings. The first-order chi connectivity index (χ1) is 6.92. The van der Waals surface area contributed by atoms with Crippen molar-refractivity contribution in [1.82, 2.24) is 0 Å². The molecule has 1 aliphatic carbocycles. The van der Waals surface area contributed by atoms with Gasteiger partial charge < -0.3 is 14.2 Å². The molecule has 0 saturated carbocycles. The molecule has 3 unspecified atom stereocenters. The fraction of sp³-hybridized carbons (Fsp3) is 0.778. The van der Waals surface area contributed by atoms with Crippen LogP contribution < -0.4 is 0 Å². The minimum Gasteiger partial charge on any atom is -0.384 e. The molecule has 1 aliphatic rings. The Hall–Kier alpha value is -0.0851. The molecule has 84 valence electrons. The van der Waals surface area contributed by atoms with Crippen molar-refractivity contribution in [3.05, 3.63) is 12.2 Å². The van der Waals surface area contributed by atoms with Gasteiger partial charge in [-0.1, -0.05) is 18.0 Å². The molecule has 4 atom stereocenters. The summed E-state index contributed by atoms with van der Waals surface area (Å²) in [5.74, 6) is -0.120. The molecule has 0 aromatic heterocycles. The monoisotopic (exact) mass is 230 g/mol. The van der Waals surface area contributed by atoms with E-state index in [1.807, 2.05) is 12.2 Å². The molecule has 0 aromatic carbocycles. The van der Waals surface area contributed by atoms with Gasteiger partial charge in [0.1, 0.15) is 0 Å². The molecule has 0 saturated heterocycles. The standard InChI is InChI=1S/C9H16BO4P/c1-13-6-7-3-4-8(10)5-9(7)14-15(2,11)12/h3-4,7-9H,5-6H2,1-2H3,(H,11,12)/t7?,8-,9?/m0/s1. The van der Waals surface area contributed by atoms with Gasteiger partial charge >= 0.3 is 7.60 Å². The van der Waals surface area contributed by atoms with E-state index in [1.54, 1.807) is 7.11 Å². The molecular weight excluding hydrogens is 214 g/mol. The zero-order valence-corrected chi connectivity index (χ0v) is 9.89. The van der Waals surface area contributed by atoms with Gasteiger partial charge in [0, 0.05) is 19.7 Å². The van der Waals surface area contributed by atoms with Crippen molar-refractivity contribution in [3.63, 3.8) is 0 Å². The molecule has 1 rings (SSSR count). The van der Waals surface area contributed by atoms with Crippen molar-refractivity contribution in [2.24, 2.45) is 5.92 Å². The van der Waals surface area contributed by atoms with Gasteiger partial charge in [-0.05, 0) is 6.42 Å². The Balaban J connectivity index is 2.66. The van der Waals surface area contributed by atoms with E-state index in [4.69, 9.17) is 22.0 Å². The number of allylic oxidation sites excluding steroid dienone is 1. The smallest absolute Gasteiger partial charge is 0.325 e. The van der Waals surface area contributed by atoms with E-state index in [1.165, 1.54) is 6.66 Å². The van der Waals surface area contributed by atoms with Gasteiger partial charge in [0.05, 0.1) is 20.6 Å². The highest BCUT2D eigenvalue weighted by molar-refractivity contribution is 7.51. The molecule has 4 nitrogen and oxygen atoms in total. The lowest BCUT2D eigenvalue weighted by Gasteiger charge is -2.30. The van der Waals surface area contributed by atoms with Crippen LogP contribution in [0.4, 0.5) is 0 Å². The van der Waals surface area contributed by atoms with Crippen LogP contribution in [-0.4, -0.2) is 39.2 Å². The maximum Gasteiger partial charge on any atom is 0.325 e. The predicted octanol–water partition coefficient (Wildman–Crippen LogP) is 1.37. The van der Waals surface area contributed by atoms with Gasteiger partial charge in [-0.15, -0.1) is 0 Å². The third-order valence-electron chi connectivity index (χ3n) is 2.28. The number of ether oxygens (including phenoxy) is 1. The molecule has 2 radical (unpaired) electrons. The van der Waals surface area contributed by atoms with Crippen LogP contribution in [0.25, 0.3) is 0 Å². The summed E-state index contributed by atoms with van der Waals surface area (Å²) >= 11 is 0. The van der Waals surface area contributed by atoms with E-state index in [9.17, 15) is 4.57 Å². The molecule has 0 amide bonds. The van der Waals surface area contributed by atoms with Crippen molar-refractivity contribution >= 4 is 15.4 Å². The highest BCUT2D eigenvalue weighted by atomic mass is 31.2. The molecule has 1 N–H and O–H groups in total. The minimum atomic E-state index is -3.47. The zero-order valence-electron chi connectivity index (χ0n) is 9.00. The third-order valence-corrected chi connectivity index (χ3v) is 2.94. The summed E-state index contributed by atoms with van der Waals surface area (Å²) in [5, 5.41) is 0. The van der Waals surface area contributed by atoms with Crippen molar-refractivity contribution < 1.29 is 18.7 Å². The Bertz CT molecular complexity index is 275. The fourth-order valence-electron chi connectivity index (χ4n) is 1.66. The lowest BCUT2D eigenvalue weighted by molar-refractivity contribution is 0.0709. The Morgan fingerprint density at radius 2 is 2.27 bits per heavy atom. The van der Waals surface area contributed by atoms with Gasteiger partial charge in [0.25, 0.3) is 0 Å². The summed E-state index contributed by atoms with van der Waals surface area (Å²) < 4.78 is 21.3. The summed E-state index contributed by atoms with van der Waals surface area (Å²) in [7, 11) is 3.84. The highest BCUT2D eigenvalue weighted by Crippen LogP contribution is 2.43. The number of hydrogen-bond donors (Lipinski definition) is 1. The second kappa shape index (κ2) is 5.31. The second-order valence-electron chi connectivity index (χ2n) is 3.85. The van der Waals surface area contributed by atoms with E-state index < -0.39 is 7.60 Å². The molecule has 0 aromatic rings. The minimum absolute atomic E-state index is 0.00442. The number of hydrogen-bond acceptors (Lipinski definition) is 3. The van der Waals surface area contributed by atoms with E-state index in [0.29, 0.717) is 13.0 Å². The largest absolute Gasteiger partial charge is 0.384 e. The number of methoxy groups -OCH3 is 1. The Labute approximate surface area is 91.6 Å². The zero-order chi connectivity index (χ0) is 11.5. The van der Waals surface area contributed by atoms with E-state index >= 15 is 0 Å². The Morgan fingerprint density at radius 3 is 2.80 bits per heavy atom. The van der Waals surface area contributed by atoms with Crippen LogP contribution in [-0.2, 0) is 13.8 Å². The maximum absolute atomic E-state index is 11.2. The van der Waals surface area contributed by atoms with Gasteiger partial charge in [0.15, 0.2) is 0 Å². The molecule has 0 bridgehead atoms. The van der Waals surface area contributed by atoms with Crippen molar-refractivity contribution in [2.45, 2.75) is 18.3 Å². The molecule has 0 aliphatic heterocycles. The molecule has 0 heterocycles. The van der Waals surface area contributed by atoms with Gasteiger partial charge in [-0.2, -0.15) is 0 Å². The summed E-state index contributed by atoms with van der Waals surface area (Å²) in [6.45, 7) is 1.65. The highest BCUT2D eigenvalue weighted by Gasteiger charge is 2.29. The normalized spacial score (nSPS) is 35.0. The van der Waals surface area contributed by atoms with Crippen LogP contribution in [0.2, 0.25) is 5.82 Å². The van der Waals surface area contributed by atoms with Crippen molar-refractivity contribution in [1.29, 1.82) is 0 Å². The maximum atomic E-state index is 11.2. The first-order valence-electron chi connectivity index (χ1n) is 4.84. The summed E-state index contributed by atoms with van der Waals surface area (Å²) in [5.41, 5.74) is 0. The summed E-state index contributed by atoms with van der Waals surface area (Å²) in [4.78, 5) is 9.17. The summed E-state index contributed by atoms with van der Waals surface area (Å²) in [6.07, 6.45) is 3.97. The quantitative estimate of drug-likeness (QED) is 0.450. The molecule has 15 heavy (non-hydrogen) atoms. The van der Waals surface area contributed by atoms with Crippen LogP contribution in [0.15, 0.2) is 12.2 Å². The van der Waals surface area contributed by atoms with Crippen LogP contribution in [0.1, 0.15) is 6.42 Å². The van der Waals surface area contributed by atoms with E-state index in [2.05, 4.69) is 0 Å². The second-order valence-corrected chi connectivity index (χ2v) is 5.67. The topological polar surface area (TPSA) is 55.8 Å². The van der Waals surface area contributed by atoms with Gasteiger partial charge in [-0.3, -0.25) is 4.57 Å². The number of rotatable bonds is 4. The summed E-state index contributed by atoms with van der Waals surface area (Å²) in [6, 6.07) is 0.